The summed E-state index contributed by atoms with van der Waals surface area (Å²) in [6.07, 6.45) is 1.31. The van der Waals surface area contributed by atoms with Gasteiger partial charge in [-0.05, 0) is 102 Å². The first-order valence-corrected chi connectivity index (χ1v) is 19.2. The van der Waals surface area contributed by atoms with E-state index in [1.165, 1.54) is 49.9 Å². The Morgan fingerprint density at radius 2 is 1.26 bits per heavy atom. The van der Waals surface area contributed by atoms with Crippen molar-refractivity contribution in [2.45, 2.75) is 43.9 Å². The average molecular weight is 688 g/mol. The van der Waals surface area contributed by atoms with Gasteiger partial charge in [-0.25, -0.2) is 12.7 Å². The molecule has 2 unspecified atom stereocenters. The zero-order valence-corrected chi connectivity index (χ0v) is 30.6. The molecule has 10 heteroatoms. The highest BCUT2D eigenvalue weighted by atomic mass is 32.2. The third kappa shape index (κ3) is 7.23. The maximum atomic E-state index is 12.6. The Kier molecular flexibility index (Phi) is 10.3. The number of likely N-dealkylation sites (N-methyl/N-ethyl adjacent to an activating group) is 1. The van der Waals surface area contributed by atoms with E-state index in [9.17, 15) is 8.42 Å². The number of nitrogens with zero attached hydrogens (tertiary/aromatic N) is 5. The number of likely N-dealkylation sites (tertiary alicyclic amines) is 1. The van der Waals surface area contributed by atoms with Crippen LogP contribution in [0.15, 0.2) is 115 Å². The Morgan fingerprint density at radius 1 is 0.745 bits per heavy atom. The van der Waals surface area contributed by atoms with Crippen LogP contribution in [0.3, 0.4) is 0 Å². The van der Waals surface area contributed by atoms with E-state index in [0.717, 1.165) is 35.3 Å². The van der Waals surface area contributed by atoms with Crippen LogP contribution in [-0.2, 0) is 10.0 Å². The number of hydrogen-bond acceptors (Lipinski definition) is 8. The van der Waals surface area contributed by atoms with Gasteiger partial charge in [0, 0.05) is 59.4 Å². The molecule has 0 radical (unpaired) electrons. The molecule has 3 aliphatic heterocycles. The van der Waals surface area contributed by atoms with Crippen molar-refractivity contribution < 1.29 is 8.42 Å². The van der Waals surface area contributed by atoms with Crippen LogP contribution in [0.4, 0.5) is 22.7 Å². The molecule has 4 aromatic carbocycles. The average Bonchev–Trinajstić information content (AvgIpc) is 3.48. The summed E-state index contributed by atoms with van der Waals surface area (Å²) in [5.74, 6) is 0.763. The molecule has 7 nitrogen and oxygen atoms in total. The minimum absolute atomic E-state index is 0.313. The first kappa shape index (κ1) is 33.9. The first-order chi connectivity index (χ1) is 22.5. The molecule has 7 rings (SSSR count). The minimum Gasteiger partial charge on any atom is -0.339 e. The van der Waals surface area contributed by atoms with Crippen LogP contribution in [0.5, 0.6) is 0 Å². The van der Waals surface area contributed by atoms with Gasteiger partial charge in [0.05, 0.1) is 27.6 Å². The van der Waals surface area contributed by atoms with Crippen LogP contribution < -0.4 is 9.80 Å². The molecule has 47 heavy (non-hydrogen) atoms. The van der Waals surface area contributed by atoms with Crippen LogP contribution in [0.25, 0.3) is 0 Å². The smallest absolute Gasteiger partial charge is 0.242 e. The van der Waals surface area contributed by atoms with E-state index in [1.807, 2.05) is 30.0 Å². The minimum atomic E-state index is -3.47. The summed E-state index contributed by atoms with van der Waals surface area (Å²) in [6.45, 7) is 6.52. The second-order valence-corrected chi connectivity index (χ2v) is 17.3. The van der Waals surface area contributed by atoms with E-state index < -0.39 is 10.0 Å². The van der Waals surface area contributed by atoms with Crippen LogP contribution >= 0.6 is 23.5 Å². The lowest BCUT2D eigenvalue weighted by Gasteiger charge is -2.36. The number of sulfonamides is 1. The fraction of sp³-hybridized carbons (Fsp3) is 0.351. The van der Waals surface area contributed by atoms with Gasteiger partial charge in [0.2, 0.25) is 10.0 Å². The summed E-state index contributed by atoms with van der Waals surface area (Å²) in [4.78, 5) is 14.7. The summed E-state index contributed by atoms with van der Waals surface area (Å²) in [7, 11) is 6.00. The summed E-state index contributed by atoms with van der Waals surface area (Å²) < 4.78 is 26.4. The van der Waals surface area contributed by atoms with Gasteiger partial charge < -0.3 is 19.6 Å². The Morgan fingerprint density at radius 3 is 1.74 bits per heavy atom. The molecule has 3 aliphatic rings. The van der Waals surface area contributed by atoms with Gasteiger partial charge >= 0.3 is 0 Å². The monoisotopic (exact) mass is 687 g/mol. The van der Waals surface area contributed by atoms with E-state index in [4.69, 9.17) is 0 Å². The van der Waals surface area contributed by atoms with Crippen LogP contribution in [0, 0.1) is 5.92 Å². The quantitative estimate of drug-likeness (QED) is 0.196. The van der Waals surface area contributed by atoms with E-state index in [-0.39, 0.29) is 0 Å². The normalized spacial score (nSPS) is 17.8. The maximum absolute atomic E-state index is 12.6. The molecule has 3 heterocycles. The molecular formula is C37H45N5O2S3. The maximum Gasteiger partial charge on any atom is 0.242 e. The molecule has 4 aromatic rings. The van der Waals surface area contributed by atoms with Gasteiger partial charge in [-0.2, -0.15) is 0 Å². The highest BCUT2D eigenvalue weighted by Crippen LogP contribution is 2.50. The zero-order valence-electron chi connectivity index (χ0n) is 28.1. The fourth-order valence-corrected chi connectivity index (χ4v) is 9.31. The molecule has 248 valence electrons. The van der Waals surface area contributed by atoms with E-state index >= 15 is 0 Å². The molecule has 0 saturated carbocycles. The lowest BCUT2D eigenvalue weighted by atomic mass is 10.1. The molecule has 1 saturated heterocycles. The van der Waals surface area contributed by atoms with Crippen LogP contribution in [0.1, 0.15) is 13.3 Å². The molecule has 0 bridgehead atoms. The van der Waals surface area contributed by atoms with Crippen molar-refractivity contribution in [1.82, 2.24) is 14.1 Å². The van der Waals surface area contributed by atoms with Crippen molar-refractivity contribution in [3.8, 4) is 0 Å². The Bertz CT molecular complexity index is 1780. The summed E-state index contributed by atoms with van der Waals surface area (Å²) >= 11 is 3.58. The predicted molar refractivity (Wildman–Crippen MR) is 198 cm³/mol. The van der Waals surface area contributed by atoms with Gasteiger partial charge in [0.15, 0.2) is 0 Å². The second-order valence-electron chi connectivity index (χ2n) is 13.0. The van der Waals surface area contributed by atoms with E-state index in [1.54, 1.807) is 38.0 Å². The molecule has 0 N–H and O–H groups in total. The number of benzene rings is 4. The van der Waals surface area contributed by atoms with Gasteiger partial charge in [0.1, 0.15) is 0 Å². The SMILES string of the molecule is CC(CN1c2ccccc2Sc2ccc(S(=O)(=O)N(C)C)cc21)N(C)C.CN1CCC(CN2c3ccccc3Sc3ccccc32)C1. The number of fused-ring (bicyclic) bond motifs is 4. The predicted octanol–water partition coefficient (Wildman–Crippen LogP) is 7.73. The molecule has 0 amide bonds. The zero-order chi connectivity index (χ0) is 33.3. The topological polar surface area (TPSA) is 50.3 Å². The van der Waals surface area contributed by atoms with Crippen molar-refractivity contribution in [2.24, 2.45) is 5.92 Å². The molecule has 0 aromatic heterocycles. The molecular weight excluding hydrogens is 643 g/mol. The van der Waals surface area contributed by atoms with E-state index in [0.29, 0.717) is 10.9 Å². The largest absolute Gasteiger partial charge is 0.339 e. The third-order valence-corrected chi connectivity index (χ3v) is 13.2. The Labute approximate surface area is 289 Å². The van der Waals surface area contributed by atoms with Crippen molar-refractivity contribution >= 4 is 56.3 Å². The van der Waals surface area contributed by atoms with E-state index in [2.05, 4.69) is 108 Å². The van der Waals surface area contributed by atoms with Crippen molar-refractivity contribution in [3.05, 3.63) is 91.0 Å². The summed E-state index contributed by atoms with van der Waals surface area (Å²) in [5.41, 5.74) is 4.81. The fourth-order valence-electron chi connectivity index (χ4n) is 6.22. The van der Waals surface area contributed by atoms with Gasteiger partial charge in [-0.3, -0.25) is 0 Å². The van der Waals surface area contributed by atoms with Gasteiger partial charge in [-0.15, -0.1) is 0 Å². The molecule has 1 fully saturated rings. The van der Waals surface area contributed by atoms with Crippen LogP contribution in [0.2, 0.25) is 0 Å². The lowest BCUT2D eigenvalue weighted by molar-refractivity contribution is 0.319. The summed E-state index contributed by atoms with van der Waals surface area (Å²) in [6, 6.07) is 31.6. The Balaban J connectivity index is 0.000000168. The number of para-hydroxylation sites is 3. The second kappa shape index (κ2) is 14.2. The molecule has 0 aliphatic carbocycles. The van der Waals surface area contributed by atoms with Crippen molar-refractivity contribution in [2.75, 3.05) is 71.2 Å². The highest BCUT2D eigenvalue weighted by molar-refractivity contribution is 8.00. The number of hydrogen-bond donors (Lipinski definition) is 0. The van der Waals surface area contributed by atoms with Crippen LogP contribution in [-0.4, -0.2) is 90.0 Å². The summed E-state index contributed by atoms with van der Waals surface area (Å²) in [5, 5.41) is 0. The molecule has 0 spiro atoms. The van der Waals surface area contributed by atoms with Crippen molar-refractivity contribution in [1.29, 1.82) is 0 Å². The Hall–Kier alpha value is -2.99. The van der Waals surface area contributed by atoms with Crippen molar-refractivity contribution in [3.63, 3.8) is 0 Å². The lowest BCUT2D eigenvalue weighted by Crippen LogP contribution is -2.37. The van der Waals surface area contributed by atoms with Gasteiger partial charge in [-0.1, -0.05) is 59.9 Å². The third-order valence-electron chi connectivity index (χ3n) is 9.17. The first-order valence-electron chi connectivity index (χ1n) is 16.1. The standard InChI is InChI=1S/C19H25N3O2S2.C18H20N2S/c1-14(20(2)3)13-22-16-8-6-7-9-18(16)25-19-11-10-15(12-17(19)22)26(23,24)21(4)5;1-19-11-10-14(12-19)13-20-15-6-2-4-8-17(15)21-18-9-5-3-7-16(18)20/h6-12,14H,13H2,1-5H3;2-9,14H,10-13H2,1H3. The number of rotatable bonds is 7. The van der Waals surface area contributed by atoms with Gasteiger partial charge in [0.25, 0.3) is 0 Å². The number of anilines is 4. The highest BCUT2D eigenvalue weighted by Gasteiger charge is 2.29. The molecule has 2 atom stereocenters.